The van der Waals surface area contributed by atoms with E-state index in [-0.39, 0.29) is 5.82 Å². The highest BCUT2D eigenvalue weighted by molar-refractivity contribution is 6.03. The minimum Gasteiger partial charge on any atom is -0.394 e. The van der Waals surface area contributed by atoms with Crippen LogP contribution in [0.2, 0.25) is 0 Å². The molecule has 1 saturated heterocycles. The van der Waals surface area contributed by atoms with E-state index in [1.807, 2.05) is 0 Å². The first-order valence-corrected chi connectivity index (χ1v) is 7.59. The standard InChI is InChI=1S/C16H17N3O6/c20-8-10-12(21)13(22)15(25-10)19-7-6-11(18-16(19)24)17-14(23)9-4-2-1-3-5-9/h1-7,10,12-13,15,20-22H,8H2,(H,17,18,23,24)/t10-,12+,13+,15-/m0/s1. The minimum atomic E-state index is -1.39. The SMILES string of the molecule is O=C(Nc1ccn([C@H]2O[C@@H](CO)[C@@H](O)[C@H]2O)c(=O)n1)c1ccccc1. The van der Waals surface area contributed by atoms with Crippen LogP contribution < -0.4 is 11.0 Å². The number of aliphatic hydroxyl groups is 3. The van der Waals surface area contributed by atoms with Crippen LogP contribution in [0.25, 0.3) is 0 Å². The van der Waals surface area contributed by atoms with Crippen molar-refractivity contribution in [3.05, 3.63) is 58.6 Å². The monoisotopic (exact) mass is 347 g/mol. The number of anilines is 1. The van der Waals surface area contributed by atoms with Crippen LogP contribution in [0.1, 0.15) is 16.6 Å². The zero-order chi connectivity index (χ0) is 18.0. The first-order chi connectivity index (χ1) is 12.0. The maximum absolute atomic E-state index is 12.2. The molecule has 0 bridgehead atoms. The van der Waals surface area contributed by atoms with E-state index in [0.29, 0.717) is 5.56 Å². The van der Waals surface area contributed by atoms with Crippen LogP contribution in [-0.2, 0) is 4.74 Å². The average Bonchev–Trinajstić information content (AvgIpc) is 2.91. The summed E-state index contributed by atoms with van der Waals surface area (Å²) in [5, 5.41) is 31.3. The van der Waals surface area contributed by atoms with Gasteiger partial charge in [0.25, 0.3) is 5.91 Å². The number of rotatable bonds is 4. The van der Waals surface area contributed by atoms with Gasteiger partial charge in [0, 0.05) is 11.8 Å². The third kappa shape index (κ3) is 3.44. The third-order valence-electron chi connectivity index (χ3n) is 3.90. The Morgan fingerprint density at radius 2 is 1.92 bits per heavy atom. The largest absolute Gasteiger partial charge is 0.394 e. The minimum absolute atomic E-state index is 0.0434. The normalized spacial score (nSPS) is 25.7. The topological polar surface area (TPSA) is 134 Å². The van der Waals surface area contributed by atoms with E-state index in [9.17, 15) is 19.8 Å². The van der Waals surface area contributed by atoms with Gasteiger partial charge in [0.05, 0.1) is 6.61 Å². The molecule has 1 aliphatic heterocycles. The Morgan fingerprint density at radius 3 is 2.52 bits per heavy atom. The van der Waals surface area contributed by atoms with Crippen LogP contribution in [0.5, 0.6) is 0 Å². The van der Waals surface area contributed by atoms with Gasteiger partial charge in [-0.25, -0.2) is 4.79 Å². The van der Waals surface area contributed by atoms with Crippen LogP contribution in [-0.4, -0.2) is 55.7 Å². The summed E-state index contributed by atoms with van der Waals surface area (Å²) in [6.07, 6.45) is -3.59. The van der Waals surface area contributed by atoms with Crippen molar-refractivity contribution in [1.82, 2.24) is 9.55 Å². The predicted molar refractivity (Wildman–Crippen MR) is 85.9 cm³/mol. The van der Waals surface area contributed by atoms with Crippen LogP contribution >= 0.6 is 0 Å². The molecule has 4 N–H and O–H groups in total. The number of nitrogens with zero attached hydrogens (tertiary/aromatic N) is 2. The van der Waals surface area contributed by atoms with E-state index in [0.717, 1.165) is 4.57 Å². The van der Waals surface area contributed by atoms with Crippen molar-refractivity contribution >= 4 is 11.7 Å². The summed E-state index contributed by atoms with van der Waals surface area (Å²) in [5.41, 5.74) is -0.363. The number of aliphatic hydroxyl groups excluding tert-OH is 3. The van der Waals surface area contributed by atoms with Crippen molar-refractivity contribution < 1.29 is 24.9 Å². The maximum atomic E-state index is 12.2. The van der Waals surface area contributed by atoms with Crippen LogP contribution in [0.15, 0.2) is 47.4 Å². The molecule has 0 unspecified atom stereocenters. The van der Waals surface area contributed by atoms with E-state index in [1.165, 1.54) is 12.3 Å². The van der Waals surface area contributed by atoms with Gasteiger partial charge in [-0.2, -0.15) is 4.98 Å². The molecule has 1 aromatic heterocycles. The number of ether oxygens (including phenoxy) is 1. The summed E-state index contributed by atoms with van der Waals surface area (Å²) in [7, 11) is 0. The molecule has 2 aromatic rings. The predicted octanol–water partition coefficient (Wildman–Crippen LogP) is -0.893. The Kier molecular flexibility index (Phi) is 4.91. The van der Waals surface area contributed by atoms with E-state index < -0.39 is 42.7 Å². The van der Waals surface area contributed by atoms with Gasteiger partial charge < -0.3 is 25.4 Å². The first kappa shape index (κ1) is 17.2. The lowest BCUT2D eigenvalue weighted by Gasteiger charge is -2.17. The number of hydrogen-bond acceptors (Lipinski definition) is 7. The molecule has 9 heteroatoms. The highest BCUT2D eigenvalue weighted by atomic mass is 16.6. The fraction of sp³-hybridized carbons (Fsp3) is 0.312. The molecular weight excluding hydrogens is 330 g/mol. The molecule has 1 fully saturated rings. The molecule has 132 valence electrons. The fourth-order valence-electron chi connectivity index (χ4n) is 2.56. The van der Waals surface area contributed by atoms with Crippen molar-refractivity contribution in [3.63, 3.8) is 0 Å². The van der Waals surface area contributed by atoms with Gasteiger partial charge >= 0.3 is 5.69 Å². The lowest BCUT2D eigenvalue weighted by atomic mass is 10.1. The quantitative estimate of drug-likeness (QED) is 0.563. The van der Waals surface area contributed by atoms with E-state index >= 15 is 0 Å². The van der Waals surface area contributed by atoms with Crippen molar-refractivity contribution in [2.45, 2.75) is 24.5 Å². The highest BCUT2D eigenvalue weighted by Crippen LogP contribution is 2.28. The van der Waals surface area contributed by atoms with E-state index in [2.05, 4.69) is 10.3 Å². The van der Waals surface area contributed by atoms with Gasteiger partial charge in [-0.1, -0.05) is 18.2 Å². The Hall–Kier alpha value is -2.59. The van der Waals surface area contributed by atoms with Crippen LogP contribution in [0, 0.1) is 0 Å². The second kappa shape index (κ2) is 7.11. The molecule has 0 saturated carbocycles. The van der Waals surface area contributed by atoms with Crippen molar-refractivity contribution in [1.29, 1.82) is 0 Å². The summed E-state index contributed by atoms with van der Waals surface area (Å²) >= 11 is 0. The molecule has 3 rings (SSSR count). The van der Waals surface area contributed by atoms with Crippen LogP contribution in [0.3, 0.4) is 0 Å². The van der Waals surface area contributed by atoms with E-state index in [4.69, 9.17) is 9.84 Å². The summed E-state index contributed by atoms with van der Waals surface area (Å²) in [4.78, 5) is 27.9. The Bertz CT molecular complexity index is 809. The number of carbonyl (C=O) groups is 1. The number of nitrogens with one attached hydrogen (secondary N) is 1. The summed E-state index contributed by atoms with van der Waals surface area (Å²) < 4.78 is 6.27. The zero-order valence-corrected chi connectivity index (χ0v) is 13.0. The average molecular weight is 347 g/mol. The molecule has 1 aliphatic rings. The molecule has 0 spiro atoms. The number of aromatic nitrogens is 2. The highest BCUT2D eigenvalue weighted by Gasteiger charge is 2.43. The second-order valence-electron chi connectivity index (χ2n) is 5.55. The van der Waals surface area contributed by atoms with Crippen LogP contribution in [0.4, 0.5) is 5.82 Å². The van der Waals surface area contributed by atoms with Gasteiger partial charge in [-0.15, -0.1) is 0 Å². The second-order valence-corrected chi connectivity index (χ2v) is 5.55. The van der Waals surface area contributed by atoms with Gasteiger partial charge in [0.1, 0.15) is 24.1 Å². The molecule has 0 radical (unpaired) electrons. The summed E-state index contributed by atoms with van der Waals surface area (Å²) in [6, 6.07) is 9.81. The first-order valence-electron chi connectivity index (χ1n) is 7.59. The summed E-state index contributed by atoms with van der Waals surface area (Å²) in [6.45, 7) is -0.498. The Morgan fingerprint density at radius 1 is 1.20 bits per heavy atom. The Balaban J connectivity index is 1.78. The van der Waals surface area contributed by atoms with Crippen molar-refractivity contribution in [2.75, 3.05) is 11.9 Å². The van der Waals surface area contributed by atoms with Gasteiger partial charge in [0.15, 0.2) is 6.23 Å². The van der Waals surface area contributed by atoms with Gasteiger partial charge in [-0.3, -0.25) is 9.36 Å². The smallest absolute Gasteiger partial charge is 0.351 e. The number of hydrogen-bond donors (Lipinski definition) is 4. The molecule has 4 atom stereocenters. The third-order valence-corrected chi connectivity index (χ3v) is 3.90. The number of benzene rings is 1. The van der Waals surface area contributed by atoms with Crippen molar-refractivity contribution in [2.24, 2.45) is 0 Å². The lowest BCUT2D eigenvalue weighted by molar-refractivity contribution is -0.0549. The molecule has 9 nitrogen and oxygen atoms in total. The van der Waals surface area contributed by atoms with Gasteiger partial charge in [0.2, 0.25) is 0 Å². The van der Waals surface area contributed by atoms with E-state index in [1.54, 1.807) is 30.3 Å². The summed E-state index contributed by atoms with van der Waals surface area (Å²) in [5.74, 6) is -0.375. The molecule has 1 amide bonds. The van der Waals surface area contributed by atoms with Crippen molar-refractivity contribution in [3.8, 4) is 0 Å². The van der Waals surface area contributed by atoms with Gasteiger partial charge in [-0.05, 0) is 18.2 Å². The number of carbonyl (C=O) groups excluding carboxylic acids is 1. The maximum Gasteiger partial charge on any atom is 0.351 e. The molecule has 1 aromatic carbocycles. The molecular formula is C16H17N3O6. The lowest BCUT2D eigenvalue weighted by Crippen LogP contribution is -2.36. The fourth-order valence-corrected chi connectivity index (χ4v) is 2.56. The molecule has 2 heterocycles. The zero-order valence-electron chi connectivity index (χ0n) is 13.0. The molecule has 0 aliphatic carbocycles. The number of amides is 1. The Labute approximate surface area is 142 Å². The molecule has 25 heavy (non-hydrogen) atoms.